The van der Waals surface area contributed by atoms with Gasteiger partial charge >= 0.3 is 5.97 Å². The number of nitrogens with one attached hydrogen (secondary N) is 3. The summed E-state index contributed by atoms with van der Waals surface area (Å²) in [4.78, 5) is 23.0. The molecule has 1 rings (SSSR count). The van der Waals surface area contributed by atoms with Gasteiger partial charge in [0.05, 0.1) is 15.5 Å². The highest BCUT2D eigenvalue weighted by Gasteiger charge is 2.19. The molecule has 0 spiro atoms. The average molecular weight is 359 g/mol. The molecule has 1 aromatic rings. The normalized spacial score (nSPS) is 12.4. The molecule has 0 radical (unpaired) electrons. The molecule has 8 heteroatoms. The molecule has 0 saturated heterocycles. The van der Waals surface area contributed by atoms with Crippen molar-refractivity contribution in [1.29, 1.82) is 0 Å². The van der Waals surface area contributed by atoms with Crippen LogP contribution in [0.2, 0.25) is 0 Å². The lowest BCUT2D eigenvalue weighted by Gasteiger charge is -2.17. The summed E-state index contributed by atoms with van der Waals surface area (Å²) >= 11 is 0. The third kappa shape index (κ3) is 10.4. The first-order valence-corrected chi connectivity index (χ1v) is 8.42. The van der Waals surface area contributed by atoms with Gasteiger partial charge in [0.1, 0.15) is 6.04 Å². The highest BCUT2D eigenvalue weighted by atomic mass is 31.0. The summed E-state index contributed by atoms with van der Waals surface area (Å²) in [6, 6.07) is 8.73. The predicted molar refractivity (Wildman–Crippen MR) is 99.5 cm³/mol. The fraction of sp³-hybridized carbons (Fsp3) is 0.467. The molecule has 1 aromatic carbocycles. The topological polar surface area (TPSA) is 79.5 Å². The maximum atomic E-state index is 11.8. The maximum Gasteiger partial charge on any atom is 0.330 e. The van der Waals surface area contributed by atoms with Gasteiger partial charge in [-0.15, -0.1) is 0 Å². The van der Waals surface area contributed by atoms with Crippen LogP contribution in [0.1, 0.15) is 26.3 Å². The zero-order valence-electron chi connectivity index (χ0n) is 13.8. The van der Waals surface area contributed by atoms with Crippen molar-refractivity contribution >= 4 is 30.7 Å². The van der Waals surface area contributed by atoms with Crippen molar-refractivity contribution in [3.8, 4) is 0 Å². The summed E-state index contributed by atoms with van der Waals surface area (Å²) in [6.07, 6.45) is 0. The van der Waals surface area contributed by atoms with Crippen LogP contribution in [-0.2, 0) is 20.7 Å². The van der Waals surface area contributed by atoms with Crippen molar-refractivity contribution in [3.63, 3.8) is 0 Å². The first-order chi connectivity index (χ1) is 11.0. The van der Waals surface area contributed by atoms with E-state index in [9.17, 15) is 9.59 Å². The van der Waals surface area contributed by atoms with Crippen LogP contribution in [0.4, 0.5) is 0 Å². The summed E-state index contributed by atoms with van der Waals surface area (Å²) in [6.45, 7) is 7.00. The van der Waals surface area contributed by atoms with Crippen LogP contribution in [0.3, 0.4) is 0 Å². The van der Waals surface area contributed by atoms with E-state index in [0.29, 0.717) is 6.54 Å². The summed E-state index contributed by atoms with van der Waals surface area (Å²) in [5.74, 6) is -0.729. The molecule has 0 fully saturated rings. The van der Waals surface area contributed by atoms with Gasteiger partial charge in [0.2, 0.25) is 5.91 Å². The van der Waals surface area contributed by atoms with E-state index in [4.69, 9.17) is 0 Å². The average Bonchev–Trinajstić information content (AvgIpc) is 2.59. The molecule has 0 heterocycles. The number of amides is 1. The number of rotatable bonds is 7. The van der Waals surface area contributed by atoms with Crippen molar-refractivity contribution < 1.29 is 14.1 Å². The molecule has 6 nitrogen and oxygen atoms in total. The zero-order valence-corrected chi connectivity index (χ0v) is 16.1. The Labute approximate surface area is 143 Å². The quantitative estimate of drug-likeness (QED) is 0.641. The maximum absolute atomic E-state index is 11.8. The Balaban J connectivity index is 0.00000108. The Hall–Kier alpha value is -1.06. The summed E-state index contributed by atoms with van der Waals surface area (Å²) in [7, 11) is 4.27. The predicted octanol–water partition coefficient (Wildman–Crippen LogP) is 1.39. The van der Waals surface area contributed by atoms with Crippen LogP contribution >= 0.6 is 18.9 Å². The second kappa shape index (κ2) is 13.4. The van der Waals surface area contributed by atoms with Gasteiger partial charge in [-0.25, -0.2) is 4.79 Å². The second-order valence-corrected chi connectivity index (χ2v) is 5.46. The molecule has 4 atom stereocenters. The van der Waals surface area contributed by atoms with Crippen LogP contribution in [0.25, 0.3) is 0 Å². The van der Waals surface area contributed by atoms with Crippen LogP contribution in [0.15, 0.2) is 30.3 Å². The lowest BCUT2D eigenvalue weighted by atomic mass is 10.2. The minimum atomic E-state index is -0.661. The Morgan fingerprint density at radius 1 is 1.17 bits per heavy atom. The molecule has 0 aliphatic rings. The molecule has 0 saturated carbocycles. The SMILES string of the molecule is CC(NC(=O)[C@H](C)NCc1ccccc1)C(=O)OP.CCNP. The summed E-state index contributed by atoms with van der Waals surface area (Å²) in [5.41, 5.74) is 1.10. The highest BCUT2D eigenvalue weighted by molar-refractivity contribution is 7.13. The van der Waals surface area contributed by atoms with Gasteiger partial charge < -0.3 is 20.2 Å². The molecule has 0 aliphatic carbocycles. The summed E-state index contributed by atoms with van der Waals surface area (Å²) in [5, 5.41) is 8.52. The van der Waals surface area contributed by atoms with Crippen molar-refractivity contribution in [3.05, 3.63) is 35.9 Å². The first-order valence-electron chi connectivity index (χ1n) is 7.37. The molecule has 3 N–H and O–H groups in total. The molecular weight excluding hydrogens is 332 g/mol. The molecular formula is C15H27N3O3P2. The van der Waals surface area contributed by atoms with Gasteiger partial charge in [0.15, 0.2) is 0 Å². The Kier molecular flexibility index (Phi) is 12.8. The van der Waals surface area contributed by atoms with Gasteiger partial charge in [-0.05, 0) is 26.0 Å². The number of benzene rings is 1. The third-order valence-corrected chi connectivity index (χ3v) is 3.52. The van der Waals surface area contributed by atoms with E-state index in [-0.39, 0.29) is 11.9 Å². The van der Waals surface area contributed by atoms with E-state index >= 15 is 0 Å². The fourth-order valence-electron chi connectivity index (χ4n) is 1.46. The molecule has 130 valence electrons. The number of hydrogen-bond acceptors (Lipinski definition) is 5. The van der Waals surface area contributed by atoms with E-state index in [1.54, 1.807) is 13.8 Å². The third-order valence-electron chi connectivity index (χ3n) is 2.88. The van der Waals surface area contributed by atoms with Crippen LogP contribution in [-0.4, -0.2) is 30.5 Å². The van der Waals surface area contributed by atoms with Crippen LogP contribution < -0.4 is 15.7 Å². The van der Waals surface area contributed by atoms with E-state index in [1.807, 2.05) is 46.7 Å². The molecule has 0 aromatic heterocycles. The minimum Gasteiger partial charge on any atom is -0.450 e. The van der Waals surface area contributed by atoms with E-state index in [2.05, 4.69) is 29.6 Å². The van der Waals surface area contributed by atoms with Crippen LogP contribution in [0, 0.1) is 0 Å². The monoisotopic (exact) mass is 359 g/mol. The number of carbonyl (C=O) groups is 2. The smallest absolute Gasteiger partial charge is 0.330 e. The Morgan fingerprint density at radius 3 is 2.22 bits per heavy atom. The van der Waals surface area contributed by atoms with Gasteiger partial charge in [0.25, 0.3) is 0 Å². The standard InChI is InChI=1S/C13H19N2O3P.C2H8NP/c1-9(12(16)15-10(2)13(17)18-19)14-8-11-6-4-3-5-7-11;1-2-3-4/h3-7,9-10,14H,8,19H2,1-2H3,(H,15,16);3H,2,4H2,1H3/t9-,10?;/m0./s1. The fourth-order valence-corrected chi connectivity index (χ4v) is 1.66. The molecule has 3 unspecified atom stereocenters. The lowest BCUT2D eigenvalue weighted by Crippen LogP contribution is -2.47. The molecule has 0 aliphatic heterocycles. The molecule has 0 bridgehead atoms. The van der Waals surface area contributed by atoms with Gasteiger partial charge in [-0.2, -0.15) is 0 Å². The summed E-state index contributed by atoms with van der Waals surface area (Å²) < 4.78 is 4.46. The van der Waals surface area contributed by atoms with E-state index < -0.39 is 12.0 Å². The van der Waals surface area contributed by atoms with E-state index in [1.165, 1.54) is 0 Å². The minimum absolute atomic E-state index is 0.237. The lowest BCUT2D eigenvalue weighted by molar-refractivity contribution is -0.138. The van der Waals surface area contributed by atoms with Crippen molar-refractivity contribution in [2.45, 2.75) is 39.4 Å². The largest absolute Gasteiger partial charge is 0.450 e. The van der Waals surface area contributed by atoms with Crippen molar-refractivity contribution in [2.24, 2.45) is 0 Å². The van der Waals surface area contributed by atoms with Gasteiger partial charge in [-0.1, -0.05) is 46.6 Å². The zero-order chi connectivity index (χ0) is 17.7. The molecule has 1 amide bonds. The van der Waals surface area contributed by atoms with Gasteiger partial charge in [-0.3, -0.25) is 4.79 Å². The molecule has 23 heavy (non-hydrogen) atoms. The number of hydrogen-bond donors (Lipinski definition) is 3. The first kappa shape index (κ1) is 21.9. The van der Waals surface area contributed by atoms with Crippen LogP contribution in [0.5, 0.6) is 0 Å². The van der Waals surface area contributed by atoms with Crippen molar-refractivity contribution in [2.75, 3.05) is 6.54 Å². The second-order valence-electron chi connectivity index (χ2n) is 4.81. The van der Waals surface area contributed by atoms with Gasteiger partial charge in [0, 0.05) is 6.54 Å². The van der Waals surface area contributed by atoms with E-state index in [0.717, 1.165) is 12.1 Å². The van der Waals surface area contributed by atoms with Crippen molar-refractivity contribution in [1.82, 2.24) is 15.7 Å². The number of carbonyl (C=O) groups excluding carboxylic acids is 2. The highest BCUT2D eigenvalue weighted by Crippen LogP contribution is 1.99. The Morgan fingerprint density at radius 2 is 1.74 bits per heavy atom. The Bertz CT molecular complexity index is 459.